The zero-order valence-electron chi connectivity index (χ0n) is 16.6. The molecule has 1 aliphatic rings. The molecule has 3 aromatic rings. The van der Waals surface area contributed by atoms with Crippen LogP contribution in [-0.4, -0.2) is 51.9 Å². The number of carboxylic acids is 1. The van der Waals surface area contributed by atoms with Crippen molar-refractivity contribution >= 4 is 5.97 Å². The van der Waals surface area contributed by atoms with Crippen LogP contribution in [-0.2, 0) is 6.42 Å². The van der Waals surface area contributed by atoms with Crippen molar-refractivity contribution in [2.75, 3.05) is 0 Å². The van der Waals surface area contributed by atoms with Crippen LogP contribution >= 0.6 is 0 Å². The van der Waals surface area contributed by atoms with Crippen LogP contribution in [0.2, 0.25) is 0 Å². The zero-order valence-corrected chi connectivity index (χ0v) is 16.6. The highest BCUT2D eigenvalue weighted by atomic mass is 16.5. The normalized spacial score (nSPS) is 17.2. The molecule has 1 aliphatic heterocycles. The first kappa shape index (κ1) is 21.6. The Labute approximate surface area is 184 Å². The van der Waals surface area contributed by atoms with E-state index in [9.17, 15) is 50.8 Å². The van der Waals surface area contributed by atoms with Crippen LogP contribution in [0.1, 0.15) is 39.1 Å². The molecule has 33 heavy (non-hydrogen) atoms. The summed E-state index contributed by atoms with van der Waals surface area (Å²) in [7, 11) is 0. The summed E-state index contributed by atoms with van der Waals surface area (Å²) in [6, 6.07) is 5.03. The summed E-state index contributed by atoms with van der Waals surface area (Å²) in [5, 5.41) is 89.9. The number of carboxylic acid groups (broad SMARTS) is 1. The van der Waals surface area contributed by atoms with E-state index in [1.54, 1.807) is 0 Å². The van der Waals surface area contributed by atoms with Gasteiger partial charge in [0.25, 0.3) is 0 Å². The minimum atomic E-state index is -1.55. The number of hydrogen-bond donors (Lipinski definition) is 9. The van der Waals surface area contributed by atoms with Crippen molar-refractivity contribution in [1.29, 1.82) is 0 Å². The van der Waals surface area contributed by atoms with Crippen molar-refractivity contribution in [3.63, 3.8) is 0 Å². The average molecular weight is 458 g/mol. The van der Waals surface area contributed by atoms with Crippen LogP contribution in [0, 0.1) is 0 Å². The fourth-order valence-corrected chi connectivity index (χ4v) is 4.03. The number of ether oxygens (including phenoxy) is 1. The SMILES string of the molecule is O=C(O)c1cc(O)c(O)c(O)c1[C@H]1Cc2c(O)cc(O)cc2O[C@H]1c1cc(O)c(O)c(O)c1. The summed E-state index contributed by atoms with van der Waals surface area (Å²) in [5.74, 6) is -8.47. The van der Waals surface area contributed by atoms with Gasteiger partial charge in [0.05, 0.1) is 5.56 Å². The van der Waals surface area contributed by atoms with Crippen molar-refractivity contribution in [2.45, 2.75) is 18.4 Å². The zero-order chi connectivity index (χ0) is 24.2. The third-order valence-corrected chi connectivity index (χ3v) is 5.53. The smallest absolute Gasteiger partial charge is 0.336 e. The predicted octanol–water partition coefficient (Wildman–Crippen LogP) is 2.49. The van der Waals surface area contributed by atoms with Crippen LogP contribution in [0.15, 0.2) is 30.3 Å². The second-order valence-electron chi connectivity index (χ2n) is 7.56. The predicted molar refractivity (Wildman–Crippen MR) is 109 cm³/mol. The molecule has 172 valence electrons. The molecule has 0 radical (unpaired) electrons. The Bertz CT molecular complexity index is 1280. The summed E-state index contributed by atoms with van der Waals surface area (Å²) in [6.07, 6.45) is -1.45. The molecule has 0 unspecified atom stereocenters. The molecule has 3 aromatic carbocycles. The van der Waals surface area contributed by atoms with Crippen LogP contribution in [0.5, 0.6) is 51.7 Å². The van der Waals surface area contributed by atoms with Crippen LogP contribution in [0.4, 0.5) is 0 Å². The van der Waals surface area contributed by atoms with E-state index < -0.39 is 58.1 Å². The van der Waals surface area contributed by atoms with Gasteiger partial charge in [-0.05, 0) is 24.6 Å². The van der Waals surface area contributed by atoms with E-state index in [2.05, 4.69) is 0 Å². The second-order valence-corrected chi connectivity index (χ2v) is 7.56. The Morgan fingerprint density at radius 3 is 1.97 bits per heavy atom. The van der Waals surface area contributed by atoms with Gasteiger partial charge in [0.2, 0.25) is 5.75 Å². The molecule has 1 heterocycles. The van der Waals surface area contributed by atoms with Crippen LogP contribution in [0.25, 0.3) is 0 Å². The minimum Gasteiger partial charge on any atom is -0.508 e. The molecule has 0 fully saturated rings. The van der Waals surface area contributed by atoms with Crippen molar-refractivity contribution in [3.05, 3.63) is 52.6 Å². The fraction of sp³-hybridized carbons (Fsp3) is 0.136. The number of aromatic hydroxyl groups is 8. The number of benzene rings is 3. The molecule has 0 aliphatic carbocycles. The molecule has 4 rings (SSSR count). The maximum atomic E-state index is 11.9. The van der Waals surface area contributed by atoms with Gasteiger partial charge in [0.1, 0.15) is 23.4 Å². The third kappa shape index (κ3) is 3.45. The van der Waals surface area contributed by atoms with E-state index in [-0.39, 0.29) is 40.4 Å². The Hall–Kier alpha value is -4.67. The lowest BCUT2D eigenvalue weighted by Gasteiger charge is -2.35. The van der Waals surface area contributed by atoms with Gasteiger partial charge in [-0.3, -0.25) is 0 Å². The molecule has 0 saturated carbocycles. The second kappa shape index (κ2) is 7.48. The first-order chi connectivity index (χ1) is 15.5. The summed E-state index contributed by atoms with van der Waals surface area (Å²) in [4.78, 5) is 11.9. The van der Waals surface area contributed by atoms with E-state index in [0.29, 0.717) is 0 Å². The highest BCUT2D eigenvalue weighted by molar-refractivity contribution is 5.92. The van der Waals surface area contributed by atoms with E-state index in [1.165, 1.54) is 6.07 Å². The molecule has 9 N–H and O–H groups in total. The third-order valence-electron chi connectivity index (χ3n) is 5.53. The Balaban J connectivity index is 2.00. The standard InChI is InChI=1S/C22H18O11/c23-8-3-12(24)9-5-10(17-11(22(31)32)6-15(27)19(29)20(17)30)21(33-16(9)4-8)7-1-13(25)18(28)14(26)2-7/h1-4,6,10,21,23-30H,5H2,(H,31,32)/t10-,21+/m1/s1. The quantitative estimate of drug-likeness (QED) is 0.260. The summed E-state index contributed by atoms with van der Waals surface area (Å²) < 4.78 is 5.88. The van der Waals surface area contributed by atoms with Gasteiger partial charge in [0.15, 0.2) is 28.7 Å². The van der Waals surface area contributed by atoms with Gasteiger partial charge < -0.3 is 50.7 Å². The summed E-state index contributed by atoms with van der Waals surface area (Å²) in [5.41, 5.74) is -0.752. The van der Waals surface area contributed by atoms with Crippen molar-refractivity contribution < 1.29 is 55.5 Å². The number of hydrogen-bond acceptors (Lipinski definition) is 10. The molecule has 2 atom stereocenters. The molecule has 0 bridgehead atoms. The van der Waals surface area contributed by atoms with E-state index in [0.717, 1.165) is 24.3 Å². The lowest BCUT2D eigenvalue weighted by molar-refractivity contribution is 0.0691. The number of fused-ring (bicyclic) bond motifs is 1. The highest BCUT2D eigenvalue weighted by Gasteiger charge is 2.40. The fourth-order valence-electron chi connectivity index (χ4n) is 4.03. The molecule has 0 saturated heterocycles. The lowest BCUT2D eigenvalue weighted by atomic mass is 9.79. The Morgan fingerprint density at radius 1 is 0.758 bits per heavy atom. The Morgan fingerprint density at radius 2 is 1.36 bits per heavy atom. The number of rotatable bonds is 3. The number of carbonyl (C=O) groups is 1. The first-order valence-electron chi connectivity index (χ1n) is 9.47. The molecular weight excluding hydrogens is 440 g/mol. The van der Waals surface area contributed by atoms with Gasteiger partial charge in [-0.25, -0.2) is 4.79 Å². The Kier molecular flexibility index (Phi) is 4.89. The maximum absolute atomic E-state index is 11.9. The van der Waals surface area contributed by atoms with Crippen molar-refractivity contribution in [2.24, 2.45) is 0 Å². The van der Waals surface area contributed by atoms with Gasteiger partial charge in [0, 0.05) is 34.7 Å². The van der Waals surface area contributed by atoms with Crippen LogP contribution in [0.3, 0.4) is 0 Å². The molecular formula is C22H18O11. The summed E-state index contributed by atoms with van der Waals surface area (Å²) in [6.45, 7) is 0. The van der Waals surface area contributed by atoms with Gasteiger partial charge in [-0.1, -0.05) is 0 Å². The van der Waals surface area contributed by atoms with E-state index in [1.807, 2.05) is 0 Å². The largest absolute Gasteiger partial charge is 0.508 e. The van der Waals surface area contributed by atoms with Crippen LogP contribution < -0.4 is 4.74 Å². The first-order valence-corrected chi connectivity index (χ1v) is 9.47. The van der Waals surface area contributed by atoms with Crippen molar-refractivity contribution in [3.8, 4) is 51.7 Å². The minimum absolute atomic E-state index is 0.000157. The van der Waals surface area contributed by atoms with Gasteiger partial charge in [-0.2, -0.15) is 0 Å². The molecule has 0 amide bonds. The lowest BCUT2D eigenvalue weighted by Crippen LogP contribution is -2.26. The monoisotopic (exact) mass is 458 g/mol. The maximum Gasteiger partial charge on any atom is 0.336 e. The van der Waals surface area contributed by atoms with E-state index in [4.69, 9.17) is 4.74 Å². The van der Waals surface area contributed by atoms with Gasteiger partial charge >= 0.3 is 5.97 Å². The molecule has 11 nitrogen and oxygen atoms in total. The summed E-state index contributed by atoms with van der Waals surface area (Å²) >= 11 is 0. The van der Waals surface area contributed by atoms with E-state index >= 15 is 0 Å². The number of phenolic OH excluding ortho intramolecular Hbond substituents is 8. The van der Waals surface area contributed by atoms with Gasteiger partial charge in [-0.15, -0.1) is 0 Å². The van der Waals surface area contributed by atoms with Crippen molar-refractivity contribution in [1.82, 2.24) is 0 Å². The highest BCUT2D eigenvalue weighted by Crippen LogP contribution is 2.54. The number of phenols is 8. The number of aromatic carboxylic acids is 1. The molecule has 0 aromatic heterocycles. The topological polar surface area (TPSA) is 208 Å². The molecule has 11 heteroatoms. The molecule has 0 spiro atoms. The average Bonchev–Trinajstić information content (AvgIpc) is 2.74.